The van der Waals surface area contributed by atoms with E-state index in [0.717, 1.165) is 6.07 Å². The number of hydrogen-bond acceptors (Lipinski definition) is 1. The average molecular weight is 179 g/mol. The Morgan fingerprint density at radius 3 is 2.31 bits per heavy atom. The van der Waals surface area contributed by atoms with Crippen LogP contribution in [0.2, 0.25) is 0 Å². The normalized spacial score (nSPS) is 11.1. The Morgan fingerprint density at radius 2 is 1.85 bits per heavy atom. The molecule has 0 spiro atoms. The first-order chi connectivity index (χ1) is 6.13. The standard InChI is InChI=1S/C10H7F2N/c1-7(2-3-13)8-4-9(11)6-10(12)5-8/h2,4-6H,1H3/b7-2-. The number of benzene rings is 1. The maximum absolute atomic E-state index is 12.7. The molecule has 0 aliphatic heterocycles. The van der Waals surface area contributed by atoms with Crippen LogP contribution < -0.4 is 0 Å². The summed E-state index contributed by atoms with van der Waals surface area (Å²) in [6.45, 7) is 1.62. The van der Waals surface area contributed by atoms with Crippen molar-refractivity contribution in [2.45, 2.75) is 6.92 Å². The van der Waals surface area contributed by atoms with Gasteiger partial charge in [-0.2, -0.15) is 5.26 Å². The Bertz CT molecular complexity index is 368. The van der Waals surface area contributed by atoms with Crippen LogP contribution in [0.25, 0.3) is 5.57 Å². The van der Waals surface area contributed by atoms with Gasteiger partial charge in [0.1, 0.15) is 11.6 Å². The van der Waals surface area contributed by atoms with Crippen LogP contribution in [-0.4, -0.2) is 0 Å². The lowest BCUT2D eigenvalue weighted by Gasteiger charge is -1.99. The van der Waals surface area contributed by atoms with Gasteiger partial charge in [-0.25, -0.2) is 8.78 Å². The zero-order chi connectivity index (χ0) is 9.84. The quantitative estimate of drug-likeness (QED) is 0.608. The lowest BCUT2D eigenvalue weighted by Crippen LogP contribution is -1.85. The molecule has 0 aliphatic rings. The molecule has 0 N–H and O–H groups in total. The van der Waals surface area contributed by atoms with Crippen LogP contribution in [0.1, 0.15) is 12.5 Å². The maximum atomic E-state index is 12.7. The molecule has 0 amide bonds. The van der Waals surface area contributed by atoms with Crippen LogP contribution in [-0.2, 0) is 0 Å². The minimum absolute atomic E-state index is 0.388. The molecular formula is C10H7F2N. The molecule has 13 heavy (non-hydrogen) atoms. The summed E-state index contributed by atoms with van der Waals surface area (Å²) in [5, 5.41) is 8.32. The van der Waals surface area contributed by atoms with Crippen LogP contribution in [0.4, 0.5) is 8.78 Å². The van der Waals surface area contributed by atoms with Crippen molar-refractivity contribution in [2.24, 2.45) is 0 Å². The maximum Gasteiger partial charge on any atom is 0.126 e. The van der Waals surface area contributed by atoms with E-state index in [0.29, 0.717) is 11.1 Å². The molecule has 0 aliphatic carbocycles. The molecule has 0 unspecified atom stereocenters. The molecule has 66 valence electrons. The minimum atomic E-state index is -0.638. The van der Waals surface area contributed by atoms with Gasteiger partial charge in [0.15, 0.2) is 0 Å². The van der Waals surface area contributed by atoms with Crippen molar-refractivity contribution in [3.63, 3.8) is 0 Å². The minimum Gasteiger partial charge on any atom is -0.207 e. The summed E-state index contributed by atoms with van der Waals surface area (Å²) >= 11 is 0. The second-order valence-electron chi connectivity index (χ2n) is 2.61. The molecular weight excluding hydrogens is 172 g/mol. The van der Waals surface area contributed by atoms with Gasteiger partial charge < -0.3 is 0 Å². The first-order valence-electron chi connectivity index (χ1n) is 3.66. The molecule has 0 bridgehead atoms. The van der Waals surface area contributed by atoms with E-state index in [4.69, 9.17) is 5.26 Å². The summed E-state index contributed by atoms with van der Waals surface area (Å²) in [5.74, 6) is -1.28. The van der Waals surface area contributed by atoms with Crippen LogP contribution >= 0.6 is 0 Å². The number of allylic oxidation sites excluding steroid dienone is 2. The van der Waals surface area contributed by atoms with Gasteiger partial charge in [0, 0.05) is 12.1 Å². The highest BCUT2D eigenvalue weighted by molar-refractivity contribution is 5.65. The Balaban J connectivity index is 3.17. The smallest absolute Gasteiger partial charge is 0.126 e. The monoisotopic (exact) mass is 179 g/mol. The topological polar surface area (TPSA) is 23.8 Å². The van der Waals surface area contributed by atoms with Crippen molar-refractivity contribution >= 4 is 5.57 Å². The zero-order valence-corrected chi connectivity index (χ0v) is 7.01. The Kier molecular flexibility index (Phi) is 2.76. The molecule has 0 fully saturated rings. The van der Waals surface area contributed by atoms with Crippen LogP contribution in [0.15, 0.2) is 24.3 Å². The predicted octanol–water partition coefficient (Wildman–Crippen LogP) is 2.89. The molecule has 0 atom stereocenters. The predicted molar refractivity (Wildman–Crippen MR) is 45.6 cm³/mol. The molecule has 0 saturated heterocycles. The van der Waals surface area contributed by atoms with Gasteiger partial charge in [-0.05, 0) is 30.2 Å². The first kappa shape index (κ1) is 9.40. The molecule has 0 radical (unpaired) electrons. The van der Waals surface area contributed by atoms with Crippen molar-refractivity contribution in [3.8, 4) is 6.07 Å². The third-order valence-electron chi connectivity index (χ3n) is 1.60. The van der Waals surface area contributed by atoms with Gasteiger partial charge in [-0.3, -0.25) is 0 Å². The molecule has 3 heteroatoms. The summed E-state index contributed by atoms with van der Waals surface area (Å²) in [6, 6.07) is 4.97. The van der Waals surface area contributed by atoms with Gasteiger partial charge >= 0.3 is 0 Å². The van der Waals surface area contributed by atoms with E-state index >= 15 is 0 Å². The number of rotatable bonds is 1. The lowest BCUT2D eigenvalue weighted by atomic mass is 10.1. The highest BCUT2D eigenvalue weighted by Crippen LogP contribution is 2.16. The summed E-state index contributed by atoms with van der Waals surface area (Å²) in [7, 11) is 0. The van der Waals surface area contributed by atoms with E-state index in [1.807, 2.05) is 0 Å². The number of nitriles is 1. The molecule has 0 heterocycles. The second-order valence-corrected chi connectivity index (χ2v) is 2.61. The highest BCUT2D eigenvalue weighted by Gasteiger charge is 2.01. The summed E-state index contributed by atoms with van der Waals surface area (Å²) in [4.78, 5) is 0. The van der Waals surface area contributed by atoms with Crippen molar-refractivity contribution < 1.29 is 8.78 Å². The Morgan fingerprint density at radius 1 is 1.31 bits per heavy atom. The Labute approximate surface area is 74.9 Å². The van der Waals surface area contributed by atoms with E-state index in [1.165, 1.54) is 18.2 Å². The van der Waals surface area contributed by atoms with Crippen LogP contribution in [0.5, 0.6) is 0 Å². The fourth-order valence-electron chi connectivity index (χ4n) is 0.962. The van der Waals surface area contributed by atoms with Crippen molar-refractivity contribution in [1.29, 1.82) is 5.26 Å². The molecule has 0 saturated carbocycles. The van der Waals surface area contributed by atoms with Gasteiger partial charge in [0.2, 0.25) is 0 Å². The average Bonchev–Trinajstić information content (AvgIpc) is 2.03. The van der Waals surface area contributed by atoms with E-state index in [1.54, 1.807) is 13.0 Å². The Hall–Kier alpha value is -1.69. The molecule has 1 rings (SSSR count). The molecule has 1 nitrogen and oxygen atoms in total. The van der Waals surface area contributed by atoms with Crippen molar-refractivity contribution in [2.75, 3.05) is 0 Å². The van der Waals surface area contributed by atoms with Crippen LogP contribution in [0, 0.1) is 23.0 Å². The van der Waals surface area contributed by atoms with Gasteiger partial charge in [0.25, 0.3) is 0 Å². The molecule has 1 aromatic carbocycles. The second kappa shape index (κ2) is 3.81. The number of nitrogens with zero attached hydrogens (tertiary/aromatic N) is 1. The van der Waals surface area contributed by atoms with Gasteiger partial charge in [-0.1, -0.05) is 0 Å². The molecule has 1 aromatic rings. The third kappa shape index (κ3) is 2.38. The largest absolute Gasteiger partial charge is 0.207 e. The van der Waals surface area contributed by atoms with E-state index < -0.39 is 11.6 Å². The number of hydrogen-bond donors (Lipinski definition) is 0. The third-order valence-corrected chi connectivity index (χ3v) is 1.60. The fourth-order valence-corrected chi connectivity index (χ4v) is 0.962. The van der Waals surface area contributed by atoms with E-state index in [2.05, 4.69) is 0 Å². The molecule has 0 aromatic heterocycles. The lowest BCUT2D eigenvalue weighted by molar-refractivity contribution is 0.582. The summed E-state index contributed by atoms with van der Waals surface area (Å²) < 4.78 is 25.4. The number of halogens is 2. The van der Waals surface area contributed by atoms with Gasteiger partial charge in [0.05, 0.1) is 6.07 Å². The zero-order valence-electron chi connectivity index (χ0n) is 7.01. The van der Waals surface area contributed by atoms with Crippen molar-refractivity contribution in [1.82, 2.24) is 0 Å². The fraction of sp³-hybridized carbons (Fsp3) is 0.100. The SMILES string of the molecule is C/C(=C/C#N)c1cc(F)cc(F)c1. The van der Waals surface area contributed by atoms with E-state index in [9.17, 15) is 8.78 Å². The highest BCUT2D eigenvalue weighted by atomic mass is 19.1. The van der Waals surface area contributed by atoms with Crippen molar-refractivity contribution in [3.05, 3.63) is 41.5 Å². The van der Waals surface area contributed by atoms with Crippen LogP contribution in [0.3, 0.4) is 0 Å². The van der Waals surface area contributed by atoms with E-state index in [-0.39, 0.29) is 0 Å². The van der Waals surface area contributed by atoms with Gasteiger partial charge in [-0.15, -0.1) is 0 Å². The summed E-state index contributed by atoms with van der Waals surface area (Å²) in [6.07, 6.45) is 1.24. The first-order valence-corrected chi connectivity index (χ1v) is 3.66. The summed E-state index contributed by atoms with van der Waals surface area (Å²) in [5.41, 5.74) is 0.931.